The molecule has 1 rings (SSSR count). The molecule has 3 nitrogen and oxygen atoms in total. The standard InChI is InChI=1S/C9H19NO2.H2/c1-3-12-8-9(11-2)4-6-10-7-5-9;/h10H,3-8H2,1-2H3;1H. The second kappa shape index (κ2) is 4.80. The molecule has 0 bridgehead atoms. The second-order valence-electron chi connectivity index (χ2n) is 3.27. The van der Waals surface area contributed by atoms with Crippen molar-refractivity contribution in [3.05, 3.63) is 0 Å². The average molecular weight is 175 g/mol. The first-order valence-electron chi connectivity index (χ1n) is 4.66. The Morgan fingerprint density at radius 2 is 2.08 bits per heavy atom. The molecular formula is C9H21NO2. The highest BCUT2D eigenvalue weighted by Crippen LogP contribution is 2.22. The molecule has 0 spiro atoms. The minimum atomic E-state index is -0.0126. The van der Waals surface area contributed by atoms with Crippen molar-refractivity contribution in [1.29, 1.82) is 0 Å². The van der Waals surface area contributed by atoms with Gasteiger partial charge in [-0.2, -0.15) is 0 Å². The molecule has 0 atom stereocenters. The van der Waals surface area contributed by atoms with Crippen LogP contribution in [0.3, 0.4) is 0 Å². The highest BCUT2D eigenvalue weighted by atomic mass is 16.5. The van der Waals surface area contributed by atoms with Gasteiger partial charge in [0, 0.05) is 15.1 Å². The summed E-state index contributed by atoms with van der Waals surface area (Å²) in [5.74, 6) is 0. The van der Waals surface area contributed by atoms with Crippen LogP contribution in [-0.4, -0.2) is 39.0 Å². The van der Waals surface area contributed by atoms with Crippen molar-refractivity contribution in [3.63, 3.8) is 0 Å². The van der Waals surface area contributed by atoms with Crippen molar-refractivity contribution in [2.45, 2.75) is 25.4 Å². The zero-order valence-corrected chi connectivity index (χ0v) is 8.06. The van der Waals surface area contributed by atoms with Gasteiger partial charge in [0.25, 0.3) is 0 Å². The van der Waals surface area contributed by atoms with Gasteiger partial charge in [-0.3, -0.25) is 0 Å². The number of nitrogens with one attached hydrogen (secondary N) is 1. The number of piperidine rings is 1. The van der Waals surface area contributed by atoms with Gasteiger partial charge in [0.15, 0.2) is 0 Å². The predicted octanol–water partition coefficient (Wildman–Crippen LogP) is 1.04. The lowest BCUT2D eigenvalue weighted by Gasteiger charge is -2.35. The quantitative estimate of drug-likeness (QED) is 0.692. The van der Waals surface area contributed by atoms with Crippen LogP contribution in [0.1, 0.15) is 21.2 Å². The molecule has 0 aliphatic carbocycles. The van der Waals surface area contributed by atoms with Gasteiger partial charge in [0.2, 0.25) is 0 Å². The molecule has 0 aromatic heterocycles. The molecule has 0 radical (unpaired) electrons. The lowest BCUT2D eigenvalue weighted by atomic mass is 9.93. The van der Waals surface area contributed by atoms with E-state index in [2.05, 4.69) is 5.32 Å². The Kier molecular flexibility index (Phi) is 3.98. The topological polar surface area (TPSA) is 30.5 Å². The summed E-state index contributed by atoms with van der Waals surface area (Å²) in [6.07, 6.45) is 2.12. The molecule has 3 heteroatoms. The van der Waals surface area contributed by atoms with Crippen molar-refractivity contribution in [2.75, 3.05) is 33.4 Å². The van der Waals surface area contributed by atoms with E-state index in [0.29, 0.717) is 0 Å². The van der Waals surface area contributed by atoms with Crippen molar-refractivity contribution < 1.29 is 10.9 Å². The van der Waals surface area contributed by atoms with E-state index in [1.54, 1.807) is 7.11 Å². The van der Waals surface area contributed by atoms with E-state index in [4.69, 9.17) is 9.47 Å². The third kappa shape index (κ3) is 2.44. The minimum Gasteiger partial charge on any atom is -0.379 e. The fraction of sp³-hybridized carbons (Fsp3) is 1.00. The van der Waals surface area contributed by atoms with Crippen LogP contribution in [0.5, 0.6) is 0 Å². The zero-order chi connectivity index (χ0) is 8.86. The van der Waals surface area contributed by atoms with E-state index < -0.39 is 0 Å². The van der Waals surface area contributed by atoms with Crippen LogP contribution in [-0.2, 0) is 9.47 Å². The smallest absolute Gasteiger partial charge is 0.0935 e. The van der Waals surface area contributed by atoms with Gasteiger partial charge in [-0.05, 0) is 32.9 Å². The average Bonchev–Trinajstić information content (AvgIpc) is 2.16. The van der Waals surface area contributed by atoms with E-state index in [1.807, 2.05) is 6.92 Å². The van der Waals surface area contributed by atoms with Crippen molar-refractivity contribution in [2.24, 2.45) is 0 Å². The monoisotopic (exact) mass is 175 g/mol. The fourth-order valence-electron chi connectivity index (χ4n) is 1.58. The van der Waals surface area contributed by atoms with Gasteiger partial charge in [0.05, 0.1) is 12.2 Å². The summed E-state index contributed by atoms with van der Waals surface area (Å²) in [6, 6.07) is 0. The molecular weight excluding hydrogens is 154 g/mol. The second-order valence-corrected chi connectivity index (χ2v) is 3.27. The predicted molar refractivity (Wildman–Crippen MR) is 50.5 cm³/mol. The lowest BCUT2D eigenvalue weighted by molar-refractivity contribution is -0.0896. The number of hydrogen-bond acceptors (Lipinski definition) is 3. The summed E-state index contributed by atoms with van der Waals surface area (Å²) in [5, 5.41) is 3.31. The Labute approximate surface area is 75.9 Å². The molecule has 12 heavy (non-hydrogen) atoms. The Bertz CT molecular complexity index is 127. The van der Waals surface area contributed by atoms with Crippen LogP contribution in [0, 0.1) is 0 Å². The van der Waals surface area contributed by atoms with Gasteiger partial charge in [-0.15, -0.1) is 0 Å². The van der Waals surface area contributed by atoms with E-state index in [9.17, 15) is 0 Å². The first-order valence-corrected chi connectivity index (χ1v) is 4.66. The van der Waals surface area contributed by atoms with Gasteiger partial charge >= 0.3 is 0 Å². The van der Waals surface area contributed by atoms with E-state index in [0.717, 1.165) is 39.1 Å². The highest BCUT2D eigenvalue weighted by Gasteiger charge is 2.31. The van der Waals surface area contributed by atoms with Crippen LogP contribution in [0.4, 0.5) is 0 Å². The first kappa shape index (κ1) is 9.96. The van der Waals surface area contributed by atoms with Crippen LogP contribution in [0.15, 0.2) is 0 Å². The summed E-state index contributed by atoms with van der Waals surface area (Å²) >= 11 is 0. The van der Waals surface area contributed by atoms with Gasteiger partial charge in [-0.1, -0.05) is 0 Å². The van der Waals surface area contributed by atoms with Crippen LogP contribution < -0.4 is 5.32 Å². The Hall–Kier alpha value is -0.120. The van der Waals surface area contributed by atoms with Crippen molar-refractivity contribution in [3.8, 4) is 0 Å². The highest BCUT2D eigenvalue weighted by molar-refractivity contribution is 4.85. The molecule has 0 unspecified atom stereocenters. The maximum atomic E-state index is 5.52. The summed E-state index contributed by atoms with van der Waals surface area (Å²) in [7, 11) is 1.78. The SMILES string of the molecule is CCOCC1(OC)CCNCC1.[HH]. The van der Waals surface area contributed by atoms with Crippen molar-refractivity contribution >= 4 is 0 Å². The summed E-state index contributed by atoms with van der Waals surface area (Å²) < 4.78 is 10.9. The first-order chi connectivity index (χ1) is 5.83. The molecule has 0 aromatic carbocycles. The van der Waals surface area contributed by atoms with Crippen LogP contribution >= 0.6 is 0 Å². The number of rotatable bonds is 4. The minimum absolute atomic E-state index is 0. The largest absolute Gasteiger partial charge is 0.379 e. The number of hydrogen-bond donors (Lipinski definition) is 1. The summed E-state index contributed by atoms with van der Waals surface area (Å²) in [4.78, 5) is 0. The molecule has 1 N–H and O–H groups in total. The van der Waals surface area contributed by atoms with Crippen LogP contribution in [0.25, 0.3) is 0 Å². The lowest BCUT2D eigenvalue weighted by Crippen LogP contribution is -2.46. The Morgan fingerprint density at radius 1 is 1.42 bits per heavy atom. The fourth-order valence-corrected chi connectivity index (χ4v) is 1.58. The maximum Gasteiger partial charge on any atom is 0.0935 e. The maximum absolute atomic E-state index is 5.52. The molecule has 1 aliphatic rings. The third-order valence-electron chi connectivity index (χ3n) is 2.52. The molecule has 1 heterocycles. The molecule has 1 fully saturated rings. The van der Waals surface area contributed by atoms with E-state index in [1.165, 1.54) is 0 Å². The zero-order valence-electron chi connectivity index (χ0n) is 8.06. The number of methoxy groups -OCH3 is 1. The van der Waals surface area contributed by atoms with Gasteiger partial charge < -0.3 is 14.8 Å². The molecule has 0 amide bonds. The third-order valence-corrected chi connectivity index (χ3v) is 2.52. The molecule has 1 saturated heterocycles. The number of ether oxygens (including phenoxy) is 2. The van der Waals surface area contributed by atoms with E-state index in [-0.39, 0.29) is 7.03 Å². The summed E-state index contributed by atoms with van der Waals surface area (Å²) in [5.41, 5.74) is -0.0126. The molecule has 74 valence electrons. The molecule has 0 aromatic rings. The van der Waals surface area contributed by atoms with Gasteiger partial charge in [0.1, 0.15) is 0 Å². The van der Waals surface area contributed by atoms with Gasteiger partial charge in [-0.25, -0.2) is 0 Å². The van der Waals surface area contributed by atoms with E-state index >= 15 is 0 Å². The summed E-state index contributed by atoms with van der Waals surface area (Å²) in [6.45, 7) is 5.62. The molecule has 1 aliphatic heterocycles. The Balaban J connectivity index is 0.00000144. The Morgan fingerprint density at radius 3 is 2.58 bits per heavy atom. The molecule has 0 saturated carbocycles. The van der Waals surface area contributed by atoms with Crippen LogP contribution in [0.2, 0.25) is 0 Å². The normalized spacial score (nSPS) is 22.5. The van der Waals surface area contributed by atoms with Crippen molar-refractivity contribution in [1.82, 2.24) is 5.32 Å².